The molecule has 1 unspecified atom stereocenters. The molecule has 1 amide bonds. The smallest absolute Gasteiger partial charge is 0.407 e. The Hall–Kier alpha value is -3.01. The molecular formula is C26H40F2N4O4. The van der Waals surface area contributed by atoms with Crippen LogP contribution in [-0.2, 0) is 22.9 Å². The Balaban J connectivity index is 0.00000361. The van der Waals surface area contributed by atoms with Crippen molar-refractivity contribution in [3.05, 3.63) is 58.1 Å². The average molecular weight is 511 g/mol. The van der Waals surface area contributed by atoms with Gasteiger partial charge in [-0.2, -0.15) is 0 Å². The number of aryl methyl sites for hydroxylation is 1. The zero-order valence-corrected chi connectivity index (χ0v) is 21.4. The SMILES string of the molecule is Cn1ccc(Cc2ccnc(NCOCC(NC(=O)OC(C)(C)C)C3CCC(F)(F)CC3)c2)cc1=O.[HH].[HH]. The van der Waals surface area contributed by atoms with Crippen molar-refractivity contribution in [2.75, 3.05) is 18.7 Å². The molecule has 1 aliphatic carbocycles. The molecule has 0 radical (unpaired) electrons. The van der Waals surface area contributed by atoms with Crippen LogP contribution in [0.5, 0.6) is 0 Å². The second kappa shape index (κ2) is 11.8. The number of anilines is 1. The summed E-state index contributed by atoms with van der Waals surface area (Å²) in [5.74, 6) is -2.18. The molecule has 10 heteroatoms. The first-order valence-electron chi connectivity index (χ1n) is 12.2. The highest BCUT2D eigenvalue weighted by molar-refractivity contribution is 5.68. The molecule has 1 aliphatic rings. The lowest BCUT2D eigenvalue weighted by Crippen LogP contribution is -2.47. The molecule has 0 aromatic carbocycles. The number of amides is 1. The molecule has 36 heavy (non-hydrogen) atoms. The van der Waals surface area contributed by atoms with Gasteiger partial charge in [-0.25, -0.2) is 18.6 Å². The summed E-state index contributed by atoms with van der Waals surface area (Å²) < 4.78 is 39.9. The van der Waals surface area contributed by atoms with E-state index in [1.807, 2.05) is 18.2 Å². The van der Waals surface area contributed by atoms with Crippen molar-refractivity contribution in [1.82, 2.24) is 14.9 Å². The van der Waals surface area contributed by atoms with E-state index in [2.05, 4.69) is 15.6 Å². The maximum atomic E-state index is 13.7. The molecule has 0 saturated heterocycles. The summed E-state index contributed by atoms with van der Waals surface area (Å²) in [4.78, 5) is 28.5. The summed E-state index contributed by atoms with van der Waals surface area (Å²) in [6, 6.07) is 6.81. The summed E-state index contributed by atoms with van der Waals surface area (Å²) in [7, 11) is 1.71. The van der Waals surface area contributed by atoms with Crippen LogP contribution in [0.2, 0.25) is 0 Å². The van der Waals surface area contributed by atoms with Crippen LogP contribution in [0, 0.1) is 5.92 Å². The summed E-state index contributed by atoms with van der Waals surface area (Å²) in [5.41, 5.74) is 1.15. The minimum atomic E-state index is -2.65. The molecule has 8 nitrogen and oxygen atoms in total. The summed E-state index contributed by atoms with van der Waals surface area (Å²) in [6.07, 6.45) is 3.61. The van der Waals surface area contributed by atoms with Crippen LogP contribution in [0.1, 0.15) is 60.4 Å². The number of alkyl carbamates (subject to hydrolysis) is 1. The van der Waals surface area contributed by atoms with Crippen molar-refractivity contribution in [3.63, 3.8) is 0 Å². The highest BCUT2D eigenvalue weighted by Gasteiger charge is 2.38. The lowest BCUT2D eigenvalue weighted by atomic mass is 9.82. The van der Waals surface area contributed by atoms with Crippen molar-refractivity contribution in [1.29, 1.82) is 0 Å². The number of nitrogens with zero attached hydrogens (tertiary/aromatic N) is 2. The van der Waals surface area contributed by atoms with Gasteiger partial charge in [0.1, 0.15) is 18.1 Å². The van der Waals surface area contributed by atoms with Gasteiger partial charge in [0, 0.05) is 41.2 Å². The fourth-order valence-corrected chi connectivity index (χ4v) is 4.15. The van der Waals surface area contributed by atoms with Crippen molar-refractivity contribution < 1.29 is 25.9 Å². The molecule has 0 aliphatic heterocycles. The van der Waals surface area contributed by atoms with Gasteiger partial charge in [0.15, 0.2) is 0 Å². The van der Waals surface area contributed by atoms with E-state index in [1.54, 1.807) is 46.3 Å². The molecule has 202 valence electrons. The van der Waals surface area contributed by atoms with Crippen molar-refractivity contribution >= 4 is 11.9 Å². The molecule has 1 fully saturated rings. The maximum absolute atomic E-state index is 13.7. The zero-order chi connectivity index (χ0) is 26.3. The van der Waals surface area contributed by atoms with Gasteiger partial charge >= 0.3 is 6.09 Å². The standard InChI is InChI=1S/C26H36F2N4O4.2H2/c1-25(2,3)36-24(34)31-21(20-5-9-26(27,28)10-6-20)16-35-17-30-22-14-18(7-11-29-22)13-19-8-12-32(4)23(33)15-19;;/h7-8,11-12,14-15,20-21H,5-6,9-10,13,16-17H2,1-4H3,(H,29,30)(H,31,34);2*1H. The van der Waals surface area contributed by atoms with E-state index >= 15 is 0 Å². The Morgan fingerprint density at radius 2 is 1.94 bits per heavy atom. The quantitative estimate of drug-likeness (QED) is 0.366. The molecule has 2 N–H and O–H groups in total. The molecule has 0 spiro atoms. The molecule has 3 rings (SSSR count). The normalized spacial score (nSPS) is 16.8. The third kappa shape index (κ3) is 8.89. The number of pyridine rings is 2. The molecule has 2 aromatic rings. The van der Waals surface area contributed by atoms with Crippen LogP contribution in [0.3, 0.4) is 0 Å². The number of halogens is 2. The van der Waals surface area contributed by atoms with E-state index in [-0.39, 0.29) is 40.5 Å². The Labute approximate surface area is 213 Å². The Morgan fingerprint density at radius 1 is 1.25 bits per heavy atom. The predicted molar refractivity (Wildman–Crippen MR) is 137 cm³/mol. The number of carbonyl (C=O) groups excluding carboxylic acids is 1. The van der Waals surface area contributed by atoms with Gasteiger partial charge < -0.3 is 24.7 Å². The third-order valence-corrected chi connectivity index (χ3v) is 6.09. The van der Waals surface area contributed by atoms with E-state index in [9.17, 15) is 18.4 Å². The molecular weight excluding hydrogens is 470 g/mol. The van der Waals surface area contributed by atoms with Gasteiger partial charge in [-0.15, -0.1) is 0 Å². The number of ether oxygens (including phenoxy) is 2. The van der Waals surface area contributed by atoms with E-state index in [1.165, 1.54) is 4.57 Å². The molecule has 2 aromatic heterocycles. The van der Waals surface area contributed by atoms with E-state index in [4.69, 9.17) is 9.47 Å². The molecule has 2 heterocycles. The van der Waals surface area contributed by atoms with Crippen LogP contribution in [0.25, 0.3) is 0 Å². The minimum absolute atomic E-state index is 0. The Bertz CT molecular complexity index is 1090. The van der Waals surface area contributed by atoms with Gasteiger partial charge in [-0.1, -0.05) is 0 Å². The first kappa shape index (κ1) is 27.6. The minimum Gasteiger partial charge on any atom is -0.444 e. The van der Waals surface area contributed by atoms with Crippen molar-refractivity contribution in [3.8, 4) is 0 Å². The van der Waals surface area contributed by atoms with E-state index < -0.39 is 23.7 Å². The predicted octanol–water partition coefficient (Wildman–Crippen LogP) is 4.97. The second-order valence-corrected chi connectivity index (χ2v) is 10.3. The number of hydrogen-bond acceptors (Lipinski definition) is 6. The van der Waals surface area contributed by atoms with Gasteiger partial charge in [-0.05, 0) is 75.3 Å². The lowest BCUT2D eigenvalue weighted by Gasteiger charge is -2.34. The van der Waals surface area contributed by atoms with Crippen LogP contribution in [0.4, 0.5) is 19.4 Å². The van der Waals surface area contributed by atoms with Crippen LogP contribution >= 0.6 is 0 Å². The maximum Gasteiger partial charge on any atom is 0.407 e. The van der Waals surface area contributed by atoms with Gasteiger partial charge in [-0.3, -0.25) is 4.79 Å². The average Bonchev–Trinajstić information content (AvgIpc) is 2.77. The summed E-state index contributed by atoms with van der Waals surface area (Å²) in [6.45, 7) is 5.57. The third-order valence-electron chi connectivity index (χ3n) is 6.09. The largest absolute Gasteiger partial charge is 0.444 e. The Kier molecular flexibility index (Phi) is 9.05. The topological polar surface area (TPSA) is 94.5 Å². The summed E-state index contributed by atoms with van der Waals surface area (Å²) in [5, 5.41) is 5.90. The van der Waals surface area contributed by atoms with Crippen molar-refractivity contribution in [2.24, 2.45) is 13.0 Å². The molecule has 0 bridgehead atoms. The number of aromatic nitrogens is 2. The van der Waals surface area contributed by atoms with E-state index in [0.717, 1.165) is 11.1 Å². The lowest BCUT2D eigenvalue weighted by molar-refractivity contribution is -0.0535. The van der Waals surface area contributed by atoms with E-state index in [0.29, 0.717) is 25.1 Å². The highest BCUT2D eigenvalue weighted by atomic mass is 19.3. The van der Waals surface area contributed by atoms with Crippen LogP contribution in [-0.4, -0.2) is 46.5 Å². The fraction of sp³-hybridized carbons (Fsp3) is 0.577. The van der Waals surface area contributed by atoms with Crippen LogP contribution in [0.15, 0.2) is 41.5 Å². The van der Waals surface area contributed by atoms with Gasteiger partial charge in [0.05, 0.1) is 12.6 Å². The number of carbonyl (C=O) groups is 1. The first-order chi connectivity index (χ1) is 16.9. The molecule has 1 atom stereocenters. The number of alkyl halides is 2. The van der Waals surface area contributed by atoms with Crippen LogP contribution < -0.4 is 16.2 Å². The fourth-order valence-electron chi connectivity index (χ4n) is 4.15. The first-order valence-corrected chi connectivity index (χ1v) is 12.2. The number of nitrogens with one attached hydrogen (secondary N) is 2. The van der Waals surface area contributed by atoms with Crippen molar-refractivity contribution in [2.45, 2.75) is 70.4 Å². The zero-order valence-electron chi connectivity index (χ0n) is 21.4. The number of hydrogen-bond donors (Lipinski definition) is 2. The molecule has 1 saturated carbocycles. The highest BCUT2D eigenvalue weighted by Crippen LogP contribution is 2.37. The Morgan fingerprint density at radius 3 is 2.61 bits per heavy atom. The number of rotatable bonds is 9. The monoisotopic (exact) mass is 510 g/mol. The summed E-state index contributed by atoms with van der Waals surface area (Å²) >= 11 is 0. The van der Waals surface area contributed by atoms with Gasteiger partial charge in [0.2, 0.25) is 5.92 Å². The second-order valence-electron chi connectivity index (χ2n) is 10.3. The van der Waals surface area contributed by atoms with Gasteiger partial charge in [0.25, 0.3) is 5.56 Å².